The Kier molecular flexibility index (Phi) is 4.86. The quantitative estimate of drug-likeness (QED) is 0.166. The van der Waals surface area contributed by atoms with Gasteiger partial charge in [0.1, 0.15) is 0 Å². The lowest BCUT2D eigenvalue weighted by Gasteiger charge is -2.31. The van der Waals surface area contributed by atoms with Gasteiger partial charge in [0.05, 0.1) is 5.41 Å². The molecule has 0 unspecified atom stereocenters. The predicted octanol–water partition coefficient (Wildman–Crippen LogP) is 12.3. The lowest BCUT2D eigenvalue weighted by Crippen LogP contribution is -2.26. The van der Waals surface area contributed by atoms with Crippen molar-refractivity contribution in [2.45, 2.75) is 5.41 Å². The molecule has 216 valence electrons. The first-order chi connectivity index (χ1) is 23.3. The van der Waals surface area contributed by atoms with Crippen molar-refractivity contribution in [3.05, 3.63) is 192 Å². The van der Waals surface area contributed by atoms with E-state index in [2.05, 4.69) is 170 Å². The molecule has 0 heterocycles. The second-order valence-electron chi connectivity index (χ2n) is 13.2. The van der Waals surface area contributed by atoms with Gasteiger partial charge in [0.15, 0.2) is 0 Å². The molecule has 9 aromatic carbocycles. The van der Waals surface area contributed by atoms with Gasteiger partial charge in [-0.15, -0.1) is 0 Å². The van der Waals surface area contributed by atoms with Crippen LogP contribution < -0.4 is 0 Å². The molecule has 2 aliphatic carbocycles. The second kappa shape index (κ2) is 9.06. The van der Waals surface area contributed by atoms with Crippen LogP contribution in [-0.2, 0) is 5.41 Å². The highest BCUT2D eigenvalue weighted by molar-refractivity contribution is 6.19. The van der Waals surface area contributed by atoms with Gasteiger partial charge in [-0.3, -0.25) is 0 Å². The molecule has 0 nitrogen and oxygen atoms in total. The molecule has 47 heavy (non-hydrogen) atoms. The van der Waals surface area contributed by atoms with E-state index in [-0.39, 0.29) is 0 Å². The topological polar surface area (TPSA) is 0 Å². The van der Waals surface area contributed by atoms with E-state index in [0.717, 1.165) is 0 Å². The van der Waals surface area contributed by atoms with E-state index < -0.39 is 5.41 Å². The van der Waals surface area contributed by atoms with Crippen LogP contribution in [0.25, 0.3) is 76.5 Å². The van der Waals surface area contributed by atoms with Crippen LogP contribution >= 0.6 is 0 Å². The summed E-state index contributed by atoms with van der Waals surface area (Å²) in [4.78, 5) is 0. The average molecular weight is 593 g/mol. The molecule has 0 aromatic heterocycles. The maximum absolute atomic E-state index is 2.57. The standard InChI is InChI=1S/C47H28/c1-2-14-30-27-44-41(25-29(30)13-1)46-38-22-8-7-19-35(38)40(39-26-31-15-3-4-16-32(31)33-17-5-6-18-34(33)39)28-45(46)47(44)42-23-11-9-20-36(42)37-21-10-12-24-43(37)47/h1-28H. The van der Waals surface area contributed by atoms with Gasteiger partial charge in [-0.1, -0.05) is 146 Å². The molecule has 0 atom stereocenters. The van der Waals surface area contributed by atoms with Crippen molar-refractivity contribution < 1.29 is 0 Å². The predicted molar refractivity (Wildman–Crippen MR) is 198 cm³/mol. The maximum Gasteiger partial charge on any atom is 0.0726 e. The minimum atomic E-state index is -0.423. The van der Waals surface area contributed by atoms with Crippen LogP contribution in [0.1, 0.15) is 22.3 Å². The molecule has 0 N–H and O–H groups in total. The van der Waals surface area contributed by atoms with Gasteiger partial charge in [-0.25, -0.2) is 0 Å². The van der Waals surface area contributed by atoms with Crippen molar-refractivity contribution in [1.29, 1.82) is 0 Å². The monoisotopic (exact) mass is 592 g/mol. The molecule has 1 spiro atoms. The van der Waals surface area contributed by atoms with Crippen LogP contribution in [0.3, 0.4) is 0 Å². The summed E-state index contributed by atoms with van der Waals surface area (Å²) in [5, 5.41) is 10.3. The molecule has 9 aromatic rings. The highest BCUT2D eigenvalue weighted by Gasteiger charge is 2.52. The average Bonchev–Trinajstić information content (AvgIpc) is 3.60. The Labute approximate surface area is 273 Å². The van der Waals surface area contributed by atoms with Crippen LogP contribution in [0, 0.1) is 0 Å². The van der Waals surface area contributed by atoms with E-state index in [4.69, 9.17) is 0 Å². The zero-order valence-electron chi connectivity index (χ0n) is 25.7. The number of hydrogen-bond donors (Lipinski definition) is 0. The van der Waals surface area contributed by atoms with E-state index >= 15 is 0 Å². The SMILES string of the molecule is c1ccc2c(c1)-c1ccccc1C21c2cc3ccccc3cc2-c2c1cc(-c1cc3ccccc3c3ccccc13)c1ccccc21. The van der Waals surface area contributed by atoms with E-state index in [1.165, 1.54) is 98.7 Å². The van der Waals surface area contributed by atoms with Crippen molar-refractivity contribution in [2.75, 3.05) is 0 Å². The minimum Gasteiger partial charge on any atom is -0.0619 e. The van der Waals surface area contributed by atoms with Gasteiger partial charge in [-0.2, -0.15) is 0 Å². The summed E-state index contributed by atoms with van der Waals surface area (Å²) >= 11 is 0. The molecule has 0 radical (unpaired) electrons. The van der Waals surface area contributed by atoms with E-state index in [0.29, 0.717) is 0 Å². The van der Waals surface area contributed by atoms with E-state index in [1.54, 1.807) is 0 Å². The molecule has 0 bridgehead atoms. The van der Waals surface area contributed by atoms with Gasteiger partial charge in [0, 0.05) is 0 Å². The van der Waals surface area contributed by atoms with Crippen molar-refractivity contribution >= 4 is 43.1 Å². The third kappa shape index (κ3) is 3.13. The molecule has 0 amide bonds. The van der Waals surface area contributed by atoms with Gasteiger partial charge in [0.2, 0.25) is 0 Å². The number of fused-ring (bicyclic) bond motifs is 16. The Balaban J connectivity index is 1.37. The highest BCUT2D eigenvalue weighted by Crippen LogP contribution is 2.65. The highest BCUT2D eigenvalue weighted by atomic mass is 14.5. The molecule has 0 fully saturated rings. The number of benzene rings is 9. The van der Waals surface area contributed by atoms with Crippen molar-refractivity contribution in [1.82, 2.24) is 0 Å². The van der Waals surface area contributed by atoms with Crippen LogP contribution in [0.5, 0.6) is 0 Å². The Morgan fingerprint density at radius 2 is 0.723 bits per heavy atom. The largest absolute Gasteiger partial charge is 0.0726 e. The number of hydrogen-bond acceptors (Lipinski definition) is 0. The summed E-state index contributed by atoms with van der Waals surface area (Å²) in [7, 11) is 0. The summed E-state index contributed by atoms with van der Waals surface area (Å²) in [6.07, 6.45) is 0. The zero-order valence-corrected chi connectivity index (χ0v) is 25.7. The van der Waals surface area contributed by atoms with Gasteiger partial charge in [0.25, 0.3) is 0 Å². The first kappa shape index (κ1) is 25.2. The first-order valence-electron chi connectivity index (χ1n) is 16.5. The van der Waals surface area contributed by atoms with E-state index in [1.807, 2.05) is 0 Å². The van der Waals surface area contributed by atoms with Gasteiger partial charge in [-0.05, 0) is 123 Å². The van der Waals surface area contributed by atoms with Gasteiger partial charge < -0.3 is 0 Å². The van der Waals surface area contributed by atoms with Crippen molar-refractivity contribution in [3.8, 4) is 33.4 Å². The molecular formula is C47H28. The first-order valence-corrected chi connectivity index (χ1v) is 16.5. The van der Waals surface area contributed by atoms with Crippen LogP contribution in [0.2, 0.25) is 0 Å². The fourth-order valence-corrected chi connectivity index (χ4v) is 9.18. The molecule has 0 saturated carbocycles. The lowest BCUT2D eigenvalue weighted by molar-refractivity contribution is 0.796. The molecule has 2 aliphatic rings. The molecule has 11 rings (SSSR count). The van der Waals surface area contributed by atoms with Gasteiger partial charge >= 0.3 is 0 Å². The molecule has 0 saturated heterocycles. The third-order valence-corrected chi connectivity index (χ3v) is 11.0. The normalized spacial score (nSPS) is 13.7. The Bertz CT molecular complexity index is 2750. The summed E-state index contributed by atoms with van der Waals surface area (Å²) in [5.41, 5.74) is 13.0. The third-order valence-electron chi connectivity index (χ3n) is 11.0. The second-order valence-corrected chi connectivity index (χ2v) is 13.2. The molecule has 0 aliphatic heterocycles. The van der Waals surface area contributed by atoms with Crippen LogP contribution in [0.4, 0.5) is 0 Å². The summed E-state index contributed by atoms with van der Waals surface area (Å²) < 4.78 is 0. The molecular weight excluding hydrogens is 565 g/mol. The zero-order chi connectivity index (χ0) is 30.7. The van der Waals surface area contributed by atoms with Crippen molar-refractivity contribution in [2.24, 2.45) is 0 Å². The minimum absolute atomic E-state index is 0.423. The van der Waals surface area contributed by atoms with Crippen LogP contribution in [-0.4, -0.2) is 0 Å². The Morgan fingerprint density at radius 1 is 0.255 bits per heavy atom. The summed E-state index contributed by atoms with van der Waals surface area (Å²) in [6, 6.07) is 63.9. The maximum atomic E-state index is 2.57. The molecule has 0 heteroatoms. The van der Waals surface area contributed by atoms with Crippen LogP contribution in [0.15, 0.2) is 170 Å². The smallest absolute Gasteiger partial charge is 0.0619 e. The Morgan fingerprint density at radius 3 is 1.43 bits per heavy atom. The fraction of sp³-hybridized carbons (Fsp3) is 0.0213. The summed E-state index contributed by atoms with van der Waals surface area (Å²) in [6.45, 7) is 0. The lowest BCUT2D eigenvalue weighted by atomic mass is 9.69. The fourth-order valence-electron chi connectivity index (χ4n) is 9.18. The Hall–Kier alpha value is -5.98. The summed E-state index contributed by atoms with van der Waals surface area (Å²) in [5.74, 6) is 0. The van der Waals surface area contributed by atoms with Crippen molar-refractivity contribution in [3.63, 3.8) is 0 Å². The van der Waals surface area contributed by atoms with E-state index in [9.17, 15) is 0 Å². The number of rotatable bonds is 1.